The van der Waals surface area contributed by atoms with Crippen molar-refractivity contribution >= 4 is 5.91 Å². The van der Waals surface area contributed by atoms with Crippen LogP contribution in [0.15, 0.2) is 24.3 Å². The zero-order valence-electron chi connectivity index (χ0n) is 15.0. The van der Waals surface area contributed by atoms with Gasteiger partial charge < -0.3 is 14.8 Å². The van der Waals surface area contributed by atoms with Gasteiger partial charge in [0.05, 0.1) is 12.8 Å². The fraction of sp³-hybridized carbons (Fsp3) is 0.444. The van der Waals surface area contributed by atoms with Crippen LogP contribution < -0.4 is 14.8 Å². The fourth-order valence-corrected chi connectivity index (χ4v) is 2.84. The molecule has 0 bridgehead atoms. The molecule has 0 unspecified atom stereocenters. The number of carbonyl (C=O) groups excluding carboxylic acids is 1. The maximum atomic E-state index is 12.5. The Morgan fingerprint density at radius 2 is 2.11 bits per heavy atom. The number of nitrogens with one attached hydrogen (secondary N) is 1. The third-order valence-electron chi connectivity index (χ3n) is 4.26. The second kappa shape index (κ2) is 7.50. The van der Waals surface area contributed by atoms with Crippen molar-refractivity contribution in [3.05, 3.63) is 41.2 Å². The number of carbonyl (C=O) groups is 1. The number of hydrogen-bond acceptors (Lipinski definition) is 4. The highest BCUT2D eigenvalue weighted by atomic mass is 19.4. The van der Waals surface area contributed by atoms with Crippen LogP contribution in [0.2, 0.25) is 0 Å². The number of halogens is 3. The smallest absolute Gasteiger partial charge is 0.492 e. The second-order valence-corrected chi connectivity index (χ2v) is 6.22. The van der Waals surface area contributed by atoms with E-state index in [4.69, 9.17) is 4.74 Å². The van der Waals surface area contributed by atoms with Crippen molar-refractivity contribution < 1.29 is 27.4 Å². The standard InChI is InChI=1S/C18H20F3N3O3/c1-3-24-14(9-13(23-24)11-7-8-11)17(25)22-10-12-5-4-6-15(16(12)26-2)27-18(19,20)21/h4-6,9,11H,3,7-8,10H2,1-2H3,(H,22,25). The van der Waals surface area contributed by atoms with Gasteiger partial charge in [-0.1, -0.05) is 12.1 Å². The first-order valence-electron chi connectivity index (χ1n) is 8.60. The summed E-state index contributed by atoms with van der Waals surface area (Å²) in [4.78, 5) is 12.5. The van der Waals surface area contributed by atoms with Crippen LogP contribution in [0.25, 0.3) is 0 Å². The summed E-state index contributed by atoms with van der Waals surface area (Å²) in [6, 6.07) is 5.91. The highest BCUT2D eigenvalue weighted by Crippen LogP contribution is 2.39. The molecular formula is C18H20F3N3O3. The molecule has 0 aliphatic heterocycles. The molecule has 1 saturated carbocycles. The summed E-state index contributed by atoms with van der Waals surface area (Å²) in [5.74, 6) is -0.453. The van der Waals surface area contributed by atoms with Gasteiger partial charge in [0.1, 0.15) is 5.69 Å². The second-order valence-electron chi connectivity index (χ2n) is 6.22. The van der Waals surface area contributed by atoms with Crippen molar-refractivity contribution in [1.82, 2.24) is 15.1 Å². The fourth-order valence-electron chi connectivity index (χ4n) is 2.84. The summed E-state index contributed by atoms with van der Waals surface area (Å²) in [6.07, 6.45) is -2.68. The molecule has 1 heterocycles. The predicted molar refractivity (Wildman–Crippen MR) is 90.7 cm³/mol. The molecule has 3 rings (SSSR count). The van der Waals surface area contributed by atoms with Crippen molar-refractivity contribution in [2.45, 2.75) is 45.1 Å². The number of methoxy groups -OCH3 is 1. The summed E-state index contributed by atoms with van der Waals surface area (Å²) in [5, 5.41) is 7.15. The number of rotatable bonds is 7. The van der Waals surface area contributed by atoms with Crippen molar-refractivity contribution in [3.8, 4) is 11.5 Å². The lowest BCUT2D eigenvalue weighted by Crippen LogP contribution is -2.26. The maximum absolute atomic E-state index is 12.5. The van der Waals surface area contributed by atoms with Gasteiger partial charge in [-0.25, -0.2) is 0 Å². The Bertz CT molecular complexity index is 829. The van der Waals surface area contributed by atoms with Gasteiger partial charge in [0.25, 0.3) is 5.91 Å². The number of aromatic nitrogens is 2. The number of amides is 1. The molecule has 27 heavy (non-hydrogen) atoms. The van der Waals surface area contributed by atoms with Crippen molar-refractivity contribution in [1.29, 1.82) is 0 Å². The van der Waals surface area contributed by atoms with Gasteiger partial charge >= 0.3 is 6.36 Å². The Morgan fingerprint density at radius 3 is 2.70 bits per heavy atom. The normalized spacial score (nSPS) is 14.1. The van der Waals surface area contributed by atoms with Crippen LogP contribution in [0.4, 0.5) is 13.2 Å². The van der Waals surface area contributed by atoms with E-state index in [1.54, 1.807) is 16.8 Å². The van der Waals surface area contributed by atoms with Gasteiger partial charge in [-0.3, -0.25) is 9.48 Å². The van der Waals surface area contributed by atoms with Crippen LogP contribution in [0.5, 0.6) is 11.5 Å². The van der Waals surface area contributed by atoms with Gasteiger partial charge in [0, 0.05) is 24.6 Å². The zero-order chi connectivity index (χ0) is 19.6. The zero-order valence-corrected chi connectivity index (χ0v) is 15.0. The van der Waals surface area contributed by atoms with E-state index in [2.05, 4.69) is 15.2 Å². The molecule has 1 aliphatic rings. The number of para-hydroxylation sites is 1. The predicted octanol–water partition coefficient (Wildman–Crippen LogP) is 3.62. The Labute approximate surface area is 154 Å². The van der Waals surface area contributed by atoms with E-state index in [0.29, 0.717) is 23.7 Å². The van der Waals surface area contributed by atoms with Crippen LogP contribution in [0.1, 0.15) is 47.4 Å². The molecule has 1 amide bonds. The molecule has 1 N–H and O–H groups in total. The van der Waals surface area contributed by atoms with E-state index in [0.717, 1.165) is 24.6 Å². The van der Waals surface area contributed by atoms with Gasteiger partial charge in [-0.05, 0) is 31.9 Å². The van der Waals surface area contributed by atoms with Gasteiger partial charge in [-0.15, -0.1) is 13.2 Å². The first-order valence-corrected chi connectivity index (χ1v) is 8.60. The highest BCUT2D eigenvalue weighted by molar-refractivity contribution is 5.92. The Balaban J connectivity index is 1.74. The van der Waals surface area contributed by atoms with Crippen LogP contribution in [-0.4, -0.2) is 29.2 Å². The van der Waals surface area contributed by atoms with E-state index in [-0.39, 0.29) is 18.2 Å². The summed E-state index contributed by atoms with van der Waals surface area (Å²) < 4.78 is 48.2. The van der Waals surface area contributed by atoms with Crippen molar-refractivity contribution in [3.63, 3.8) is 0 Å². The maximum Gasteiger partial charge on any atom is 0.573 e. The highest BCUT2D eigenvalue weighted by Gasteiger charge is 2.33. The van der Waals surface area contributed by atoms with E-state index in [1.165, 1.54) is 13.2 Å². The number of nitrogens with zero attached hydrogens (tertiary/aromatic N) is 2. The van der Waals surface area contributed by atoms with Crippen molar-refractivity contribution in [2.24, 2.45) is 0 Å². The molecule has 0 radical (unpaired) electrons. The van der Waals surface area contributed by atoms with Gasteiger partial charge in [0.2, 0.25) is 0 Å². The van der Waals surface area contributed by atoms with Crippen LogP contribution >= 0.6 is 0 Å². The minimum atomic E-state index is -4.83. The Morgan fingerprint density at radius 1 is 1.37 bits per heavy atom. The number of alkyl halides is 3. The molecule has 1 fully saturated rings. The SMILES string of the molecule is CCn1nc(C2CC2)cc1C(=O)NCc1cccc(OC(F)(F)F)c1OC. The van der Waals surface area contributed by atoms with Gasteiger partial charge in [-0.2, -0.15) is 5.10 Å². The van der Waals surface area contributed by atoms with Crippen LogP contribution in [-0.2, 0) is 13.1 Å². The summed E-state index contributed by atoms with van der Waals surface area (Å²) >= 11 is 0. The monoisotopic (exact) mass is 383 g/mol. The molecule has 0 atom stereocenters. The lowest BCUT2D eigenvalue weighted by Gasteiger charge is -2.16. The Hall–Kier alpha value is -2.71. The average Bonchev–Trinajstić information content (AvgIpc) is 3.37. The minimum Gasteiger partial charge on any atom is -0.492 e. The van der Waals surface area contributed by atoms with E-state index >= 15 is 0 Å². The Kier molecular flexibility index (Phi) is 5.29. The van der Waals surface area contributed by atoms with Crippen LogP contribution in [0, 0.1) is 0 Å². The molecule has 146 valence electrons. The number of benzene rings is 1. The third kappa shape index (κ3) is 4.53. The van der Waals surface area contributed by atoms with E-state index in [9.17, 15) is 18.0 Å². The molecule has 6 nitrogen and oxygen atoms in total. The van der Waals surface area contributed by atoms with Gasteiger partial charge in [0.15, 0.2) is 11.5 Å². The largest absolute Gasteiger partial charge is 0.573 e. The van der Waals surface area contributed by atoms with Crippen molar-refractivity contribution in [2.75, 3.05) is 7.11 Å². The molecule has 1 aliphatic carbocycles. The molecular weight excluding hydrogens is 363 g/mol. The summed E-state index contributed by atoms with van der Waals surface area (Å²) in [6.45, 7) is 2.43. The molecule has 1 aromatic carbocycles. The molecule has 1 aromatic heterocycles. The first-order chi connectivity index (χ1) is 12.8. The third-order valence-corrected chi connectivity index (χ3v) is 4.26. The topological polar surface area (TPSA) is 65.4 Å². The first kappa shape index (κ1) is 19.1. The number of aryl methyl sites for hydroxylation is 1. The summed E-state index contributed by atoms with van der Waals surface area (Å²) in [7, 11) is 1.25. The van der Waals surface area contributed by atoms with Crippen LogP contribution in [0.3, 0.4) is 0 Å². The minimum absolute atomic E-state index is 0.00921. The van der Waals surface area contributed by atoms with E-state index < -0.39 is 12.1 Å². The molecule has 0 saturated heterocycles. The lowest BCUT2D eigenvalue weighted by molar-refractivity contribution is -0.275. The van der Waals surface area contributed by atoms with E-state index in [1.807, 2.05) is 6.92 Å². The quantitative estimate of drug-likeness (QED) is 0.793. The number of hydrogen-bond donors (Lipinski definition) is 1. The molecule has 0 spiro atoms. The molecule has 2 aromatic rings. The number of ether oxygens (including phenoxy) is 2. The lowest BCUT2D eigenvalue weighted by atomic mass is 10.1. The average molecular weight is 383 g/mol. The summed E-state index contributed by atoms with van der Waals surface area (Å²) in [5.41, 5.74) is 1.71. The molecule has 9 heteroatoms.